The van der Waals surface area contributed by atoms with Crippen LogP contribution in [0.1, 0.15) is 0 Å². The second-order valence-electron chi connectivity index (χ2n) is 1.60. The molecule has 2 heterocycles. The number of nitrogens with one attached hydrogen (secondary N) is 1. The van der Waals surface area contributed by atoms with Gasteiger partial charge in [-0.25, -0.2) is 9.73 Å². The van der Waals surface area contributed by atoms with Crippen LogP contribution >= 0.6 is 8.51 Å². The van der Waals surface area contributed by atoms with E-state index in [-0.39, 0.29) is 0 Å². The first-order valence-electron chi connectivity index (χ1n) is 2.49. The normalized spacial score (nSPS) is 11.1. The number of H-pyrrole nitrogens is 1. The molecule has 4 nitrogen and oxygen atoms in total. The Morgan fingerprint density at radius 3 is 3.33 bits per heavy atom. The molecular weight excluding hydrogens is 135 g/mol. The topological polar surface area (TPSA) is 52.8 Å². The molecule has 1 atom stereocenters. The first-order valence-corrected chi connectivity index (χ1v) is 3.39. The molecule has 2 aromatic heterocycles. The fraction of sp³-hybridized carbons (Fsp3) is 0. The number of rotatable bonds is 0. The van der Waals surface area contributed by atoms with E-state index in [4.69, 9.17) is 0 Å². The summed E-state index contributed by atoms with van der Waals surface area (Å²) in [5.41, 5.74) is 1.63. The highest BCUT2D eigenvalue weighted by Gasteiger charge is 2.00. The van der Waals surface area contributed by atoms with E-state index >= 15 is 0 Å². The lowest BCUT2D eigenvalue weighted by Gasteiger charge is -1.70. The lowest BCUT2D eigenvalue weighted by Crippen LogP contribution is -1.99. The van der Waals surface area contributed by atoms with Crippen molar-refractivity contribution in [2.24, 2.45) is 0 Å². The highest BCUT2D eigenvalue weighted by molar-refractivity contribution is 7.21. The Balaban J connectivity index is 2.95. The van der Waals surface area contributed by atoms with Crippen LogP contribution in [0.2, 0.25) is 0 Å². The van der Waals surface area contributed by atoms with Gasteiger partial charge in [-0.15, -0.1) is 0 Å². The lowest BCUT2D eigenvalue weighted by molar-refractivity contribution is -0.380. The number of aromatic amines is 1. The third kappa shape index (κ3) is 0.678. The van der Waals surface area contributed by atoms with Gasteiger partial charge in [-0.1, -0.05) is 0 Å². The Labute approximate surface area is 52.6 Å². The summed E-state index contributed by atoms with van der Waals surface area (Å²) >= 11 is 0. The second kappa shape index (κ2) is 1.74. The van der Waals surface area contributed by atoms with Crippen LogP contribution in [-0.4, -0.2) is 14.5 Å². The van der Waals surface area contributed by atoms with Gasteiger partial charge in [0.05, 0.1) is 8.51 Å². The minimum Gasteiger partial charge on any atom is -0.248 e. The van der Waals surface area contributed by atoms with Crippen LogP contribution in [0.15, 0.2) is 12.5 Å². The smallest absolute Gasteiger partial charge is 0.248 e. The molecule has 0 aliphatic heterocycles. The van der Waals surface area contributed by atoms with Crippen molar-refractivity contribution in [3.8, 4) is 0 Å². The first-order chi connectivity index (χ1) is 4.47. The average molecular weight is 139 g/mol. The molecule has 0 amide bonds. The highest BCUT2D eigenvalue weighted by Crippen LogP contribution is 2.05. The SMILES string of the molecule is c1nc2n[pH]nc2c[nH+]1. The Hall–Kier alpha value is -1.02. The number of nitrogens with zero attached hydrogens (tertiary/aromatic N) is 3. The molecule has 1 unspecified atom stereocenters. The van der Waals surface area contributed by atoms with Gasteiger partial charge in [0, 0.05) is 0 Å². The van der Waals surface area contributed by atoms with Gasteiger partial charge in [-0.2, -0.15) is 4.75 Å². The van der Waals surface area contributed by atoms with Crippen molar-refractivity contribution in [2.45, 2.75) is 0 Å². The molecule has 0 radical (unpaired) electrons. The monoisotopic (exact) mass is 139 g/mol. The number of hydrogen-bond acceptors (Lipinski definition) is 3. The van der Waals surface area contributed by atoms with Crippen LogP contribution in [0.4, 0.5) is 0 Å². The zero-order valence-electron chi connectivity index (χ0n) is 4.50. The van der Waals surface area contributed by atoms with Gasteiger partial charge in [0.15, 0.2) is 5.52 Å². The summed E-state index contributed by atoms with van der Waals surface area (Å²) in [5.74, 6) is 0. The zero-order chi connectivity index (χ0) is 6.10. The molecule has 2 aromatic rings. The summed E-state index contributed by atoms with van der Waals surface area (Å²) in [5, 5.41) is 0. The van der Waals surface area contributed by atoms with Gasteiger partial charge in [0.25, 0.3) is 6.33 Å². The molecule has 2 rings (SSSR count). The summed E-state index contributed by atoms with van der Waals surface area (Å²) in [6, 6.07) is 0. The van der Waals surface area contributed by atoms with Crippen LogP contribution < -0.4 is 4.98 Å². The van der Waals surface area contributed by atoms with Crippen LogP contribution in [0.25, 0.3) is 11.2 Å². The van der Waals surface area contributed by atoms with E-state index in [9.17, 15) is 0 Å². The minimum atomic E-state index is 0.314. The predicted molar refractivity (Wildman–Crippen MR) is 33.4 cm³/mol. The van der Waals surface area contributed by atoms with Crippen molar-refractivity contribution in [3.05, 3.63) is 12.5 Å². The quantitative estimate of drug-likeness (QED) is 0.510. The lowest BCUT2D eigenvalue weighted by atomic mass is 10.6. The van der Waals surface area contributed by atoms with Gasteiger partial charge < -0.3 is 0 Å². The molecule has 0 fully saturated rings. The zero-order valence-corrected chi connectivity index (χ0v) is 5.50. The third-order valence-electron chi connectivity index (χ3n) is 1.04. The van der Waals surface area contributed by atoms with Crippen molar-refractivity contribution in [2.75, 3.05) is 0 Å². The van der Waals surface area contributed by atoms with Crippen molar-refractivity contribution in [1.29, 1.82) is 0 Å². The molecule has 0 bridgehead atoms. The fourth-order valence-corrected chi connectivity index (χ4v) is 1.23. The van der Waals surface area contributed by atoms with E-state index in [2.05, 4.69) is 19.5 Å². The van der Waals surface area contributed by atoms with E-state index in [1.54, 1.807) is 12.5 Å². The van der Waals surface area contributed by atoms with Gasteiger partial charge in [-0.05, 0) is 4.98 Å². The molecular formula is C4H4N4P+. The maximum atomic E-state index is 4.07. The molecule has 9 heavy (non-hydrogen) atoms. The maximum Gasteiger partial charge on any atom is 0.300 e. The van der Waals surface area contributed by atoms with Crippen LogP contribution in [0.3, 0.4) is 0 Å². The summed E-state index contributed by atoms with van der Waals surface area (Å²) in [6.07, 6.45) is 3.40. The molecule has 0 spiro atoms. The molecule has 1 N–H and O–H groups in total. The van der Waals surface area contributed by atoms with Crippen molar-refractivity contribution in [3.63, 3.8) is 0 Å². The maximum absolute atomic E-state index is 4.07. The Morgan fingerprint density at radius 2 is 2.44 bits per heavy atom. The largest absolute Gasteiger partial charge is 0.300 e. The van der Waals surface area contributed by atoms with Crippen LogP contribution in [0.5, 0.6) is 0 Å². The number of hydrogen-bond donors (Lipinski definition) is 0. The van der Waals surface area contributed by atoms with E-state index in [1.165, 1.54) is 0 Å². The summed E-state index contributed by atoms with van der Waals surface area (Å²) in [7, 11) is 0.314. The van der Waals surface area contributed by atoms with Crippen LogP contribution in [-0.2, 0) is 0 Å². The number of fused-ring (bicyclic) bond motifs is 1. The number of aromatic nitrogens is 4. The van der Waals surface area contributed by atoms with Gasteiger partial charge >= 0.3 is 5.65 Å². The second-order valence-corrected chi connectivity index (χ2v) is 2.25. The fourth-order valence-electron chi connectivity index (χ4n) is 0.640. The molecule has 0 aliphatic carbocycles. The standard InChI is InChI=1S/C4H3N4P/c1-3-4(6-2-5-1)8-9-7-3/h1-2,9H/p+1. The highest BCUT2D eigenvalue weighted by atomic mass is 31.1. The van der Waals surface area contributed by atoms with Gasteiger partial charge in [-0.3, -0.25) is 0 Å². The van der Waals surface area contributed by atoms with E-state index < -0.39 is 0 Å². The van der Waals surface area contributed by atoms with Crippen molar-refractivity contribution >= 4 is 19.7 Å². The van der Waals surface area contributed by atoms with Gasteiger partial charge in [0.2, 0.25) is 0 Å². The summed E-state index contributed by atoms with van der Waals surface area (Å²) in [4.78, 5) is 6.78. The molecule has 5 heteroatoms. The van der Waals surface area contributed by atoms with E-state index in [0.29, 0.717) is 8.51 Å². The molecule has 0 aliphatic rings. The molecule has 44 valence electrons. The van der Waals surface area contributed by atoms with E-state index in [1.807, 2.05) is 0 Å². The Kier molecular flexibility index (Phi) is 0.932. The third-order valence-corrected chi connectivity index (χ3v) is 1.69. The van der Waals surface area contributed by atoms with Crippen LogP contribution in [0, 0.1) is 0 Å². The molecule has 0 saturated carbocycles. The van der Waals surface area contributed by atoms with Gasteiger partial charge in [0.1, 0.15) is 6.20 Å². The van der Waals surface area contributed by atoms with Crippen molar-refractivity contribution < 1.29 is 4.98 Å². The summed E-state index contributed by atoms with van der Waals surface area (Å²) < 4.78 is 8.10. The summed E-state index contributed by atoms with van der Waals surface area (Å²) in [6.45, 7) is 0. The van der Waals surface area contributed by atoms with E-state index in [0.717, 1.165) is 11.2 Å². The van der Waals surface area contributed by atoms with Crippen molar-refractivity contribution in [1.82, 2.24) is 14.5 Å². The predicted octanol–water partition coefficient (Wildman–Crippen LogP) is -0.130. The first kappa shape index (κ1) is 4.82. The minimum absolute atomic E-state index is 0.314. The Bertz CT molecular complexity index is 287. The molecule has 0 aromatic carbocycles. The Morgan fingerprint density at radius 1 is 1.44 bits per heavy atom. The average Bonchev–Trinajstić information content (AvgIpc) is 2.33. The molecule has 0 saturated heterocycles.